The number of benzene rings is 1. The van der Waals surface area contributed by atoms with E-state index in [0.717, 1.165) is 31.3 Å². The van der Waals surface area contributed by atoms with E-state index in [0.29, 0.717) is 5.56 Å². The van der Waals surface area contributed by atoms with Crippen LogP contribution in [-0.4, -0.2) is 24.2 Å². The maximum Gasteiger partial charge on any atom is 0.328 e. The van der Waals surface area contributed by atoms with Gasteiger partial charge in [0.05, 0.1) is 0 Å². The monoisotopic (exact) mass is 261 g/mol. The molecule has 0 unspecified atom stereocenters. The van der Waals surface area contributed by atoms with Gasteiger partial charge in [-0.15, -0.1) is 0 Å². The van der Waals surface area contributed by atoms with E-state index in [1.807, 2.05) is 0 Å². The number of nitrogens with zero attached hydrogens (tertiary/aromatic N) is 1. The summed E-state index contributed by atoms with van der Waals surface area (Å²) in [5, 5.41) is 8.59. The van der Waals surface area contributed by atoms with E-state index in [2.05, 4.69) is 17.9 Å². The van der Waals surface area contributed by atoms with Crippen molar-refractivity contribution in [2.24, 2.45) is 0 Å². The highest BCUT2D eigenvalue weighted by Crippen LogP contribution is 2.23. The number of halogens is 1. The fourth-order valence-electron chi connectivity index (χ4n) is 2.05. The van der Waals surface area contributed by atoms with Crippen LogP contribution >= 0.6 is 0 Å². The van der Waals surface area contributed by atoms with Gasteiger partial charge in [0.2, 0.25) is 0 Å². The van der Waals surface area contributed by atoms with Crippen LogP contribution in [0.3, 0.4) is 0 Å². The molecule has 1 N–H and O–H groups in total. The van der Waals surface area contributed by atoms with Gasteiger partial charge in [0.1, 0.15) is 5.82 Å². The normalized spacial score (nSPS) is 15.7. The van der Waals surface area contributed by atoms with Crippen LogP contribution in [0, 0.1) is 5.82 Å². The van der Waals surface area contributed by atoms with Crippen molar-refractivity contribution >= 4 is 17.7 Å². The Morgan fingerprint density at radius 1 is 1.42 bits per heavy atom. The first kappa shape index (κ1) is 13.3. The topological polar surface area (TPSA) is 40.5 Å². The summed E-state index contributed by atoms with van der Waals surface area (Å²) in [5.74, 6) is -1.39. The number of aliphatic carboxylic acids is 1. The molecule has 1 aliphatic rings. The Kier molecular flexibility index (Phi) is 4.00. The van der Waals surface area contributed by atoms with Crippen molar-refractivity contribution in [1.29, 1.82) is 0 Å². The molecule has 3 nitrogen and oxygen atoms in total. The zero-order valence-electron chi connectivity index (χ0n) is 10.8. The van der Waals surface area contributed by atoms with Gasteiger partial charge in [0, 0.05) is 24.9 Å². The van der Waals surface area contributed by atoms with Crippen LogP contribution in [-0.2, 0) is 4.79 Å². The van der Waals surface area contributed by atoms with Gasteiger partial charge in [0.15, 0.2) is 0 Å². The fourth-order valence-corrected chi connectivity index (χ4v) is 2.05. The van der Waals surface area contributed by atoms with Crippen LogP contribution < -0.4 is 4.90 Å². The lowest BCUT2D eigenvalue weighted by molar-refractivity contribution is -0.131. The Morgan fingerprint density at radius 3 is 2.84 bits per heavy atom. The molecule has 0 spiro atoms. The van der Waals surface area contributed by atoms with Crippen LogP contribution in [0.5, 0.6) is 0 Å². The minimum Gasteiger partial charge on any atom is -0.478 e. The van der Waals surface area contributed by atoms with Crippen LogP contribution in [0.15, 0.2) is 35.9 Å². The summed E-state index contributed by atoms with van der Waals surface area (Å²) in [6.45, 7) is 3.70. The second-order valence-corrected chi connectivity index (χ2v) is 4.66. The smallest absolute Gasteiger partial charge is 0.328 e. The lowest BCUT2D eigenvalue weighted by atomic mass is 10.1. The van der Waals surface area contributed by atoms with Crippen molar-refractivity contribution in [3.8, 4) is 0 Å². The highest BCUT2D eigenvalue weighted by molar-refractivity contribution is 5.85. The van der Waals surface area contributed by atoms with E-state index in [1.165, 1.54) is 23.8 Å². The SMILES string of the molecule is CC1=CCN(c2cc(F)cc(/C=C/C(=O)O)c2)CC1. The molecule has 0 saturated heterocycles. The number of hydrogen-bond acceptors (Lipinski definition) is 2. The maximum absolute atomic E-state index is 13.6. The van der Waals surface area contributed by atoms with E-state index >= 15 is 0 Å². The van der Waals surface area contributed by atoms with Crippen LogP contribution in [0.4, 0.5) is 10.1 Å². The molecule has 1 heterocycles. The first-order valence-electron chi connectivity index (χ1n) is 6.17. The quantitative estimate of drug-likeness (QED) is 0.671. The Balaban J connectivity index is 2.24. The highest BCUT2D eigenvalue weighted by Gasteiger charge is 2.11. The summed E-state index contributed by atoms with van der Waals surface area (Å²) in [7, 11) is 0. The minimum atomic E-state index is -1.04. The molecule has 0 amide bonds. The first-order chi connectivity index (χ1) is 9.04. The fraction of sp³-hybridized carbons (Fsp3) is 0.267. The summed E-state index contributed by atoms with van der Waals surface area (Å²) in [6.07, 6.45) is 5.51. The van der Waals surface area contributed by atoms with Crippen LogP contribution in [0.2, 0.25) is 0 Å². The summed E-state index contributed by atoms with van der Waals surface area (Å²) in [4.78, 5) is 12.6. The van der Waals surface area contributed by atoms with Crippen molar-refractivity contribution in [2.75, 3.05) is 18.0 Å². The molecule has 1 aromatic rings. The summed E-state index contributed by atoms with van der Waals surface area (Å²) >= 11 is 0. The summed E-state index contributed by atoms with van der Waals surface area (Å²) in [5.41, 5.74) is 2.69. The van der Waals surface area contributed by atoms with E-state index < -0.39 is 5.97 Å². The minimum absolute atomic E-state index is 0.353. The molecule has 1 aliphatic heterocycles. The van der Waals surface area contributed by atoms with Gasteiger partial charge in [-0.25, -0.2) is 9.18 Å². The number of carbonyl (C=O) groups is 1. The second-order valence-electron chi connectivity index (χ2n) is 4.66. The third-order valence-electron chi connectivity index (χ3n) is 3.12. The Hall–Kier alpha value is -2.10. The lowest BCUT2D eigenvalue weighted by Gasteiger charge is -2.27. The van der Waals surface area contributed by atoms with Crippen molar-refractivity contribution in [1.82, 2.24) is 0 Å². The average molecular weight is 261 g/mol. The summed E-state index contributed by atoms with van der Waals surface area (Å²) < 4.78 is 13.6. The zero-order valence-corrected chi connectivity index (χ0v) is 10.8. The van der Waals surface area contributed by atoms with E-state index in [9.17, 15) is 9.18 Å². The largest absolute Gasteiger partial charge is 0.478 e. The van der Waals surface area contributed by atoms with E-state index in [-0.39, 0.29) is 5.82 Å². The number of hydrogen-bond donors (Lipinski definition) is 1. The van der Waals surface area contributed by atoms with Gasteiger partial charge in [-0.2, -0.15) is 0 Å². The summed E-state index contributed by atoms with van der Waals surface area (Å²) in [6, 6.07) is 4.61. The Morgan fingerprint density at radius 2 is 2.21 bits per heavy atom. The zero-order chi connectivity index (χ0) is 13.8. The van der Waals surface area contributed by atoms with Gasteiger partial charge in [-0.05, 0) is 43.2 Å². The Bertz CT molecular complexity index is 549. The number of carboxylic acids is 1. The molecule has 0 aromatic heterocycles. The van der Waals surface area contributed by atoms with Crippen LogP contribution in [0.25, 0.3) is 6.08 Å². The van der Waals surface area contributed by atoms with E-state index in [4.69, 9.17) is 5.11 Å². The molecule has 4 heteroatoms. The van der Waals surface area contributed by atoms with Crippen molar-refractivity contribution in [3.05, 3.63) is 47.3 Å². The predicted molar refractivity (Wildman–Crippen MR) is 73.7 cm³/mol. The van der Waals surface area contributed by atoms with Gasteiger partial charge in [0.25, 0.3) is 0 Å². The predicted octanol–water partition coefficient (Wildman–Crippen LogP) is 3.08. The molecular formula is C15H16FNO2. The van der Waals surface area contributed by atoms with Gasteiger partial charge in [-0.3, -0.25) is 0 Å². The van der Waals surface area contributed by atoms with Gasteiger partial charge < -0.3 is 10.0 Å². The molecule has 0 atom stereocenters. The van der Waals surface area contributed by atoms with Gasteiger partial charge in [-0.1, -0.05) is 11.6 Å². The molecule has 1 aromatic carbocycles. The second kappa shape index (κ2) is 5.69. The number of carboxylic acid groups (broad SMARTS) is 1. The van der Waals surface area contributed by atoms with Crippen molar-refractivity contribution in [2.45, 2.75) is 13.3 Å². The molecule has 100 valence electrons. The van der Waals surface area contributed by atoms with Gasteiger partial charge >= 0.3 is 5.97 Å². The molecule has 19 heavy (non-hydrogen) atoms. The standard InChI is InChI=1S/C15H16FNO2/c1-11-4-6-17(7-5-11)14-9-12(2-3-15(18)19)8-13(16)10-14/h2-4,8-10H,5-7H2,1H3,(H,18,19)/b3-2+. The first-order valence-corrected chi connectivity index (χ1v) is 6.17. The van der Waals surface area contributed by atoms with Crippen molar-refractivity contribution < 1.29 is 14.3 Å². The maximum atomic E-state index is 13.6. The average Bonchev–Trinajstić information content (AvgIpc) is 2.36. The molecule has 0 saturated carbocycles. The third kappa shape index (κ3) is 3.68. The molecule has 2 rings (SSSR count). The molecule has 0 aliphatic carbocycles. The number of anilines is 1. The van der Waals surface area contributed by atoms with E-state index in [1.54, 1.807) is 6.07 Å². The Labute approximate surface area is 111 Å². The number of rotatable bonds is 3. The highest BCUT2D eigenvalue weighted by atomic mass is 19.1. The molecule has 0 fully saturated rings. The molecule has 0 bridgehead atoms. The van der Waals surface area contributed by atoms with Crippen molar-refractivity contribution in [3.63, 3.8) is 0 Å². The third-order valence-corrected chi connectivity index (χ3v) is 3.12. The molecular weight excluding hydrogens is 245 g/mol. The lowest BCUT2D eigenvalue weighted by Crippen LogP contribution is -2.28. The molecule has 0 radical (unpaired) electrons. The van der Waals surface area contributed by atoms with Crippen LogP contribution in [0.1, 0.15) is 18.9 Å².